The number of H-pyrrole nitrogens is 1. The second-order valence-corrected chi connectivity index (χ2v) is 4.59. The van der Waals surface area contributed by atoms with Crippen molar-refractivity contribution < 1.29 is 4.79 Å². The van der Waals surface area contributed by atoms with Crippen LogP contribution >= 0.6 is 0 Å². The van der Waals surface area contributed by atoms with Gasteiger partial charge in [0.15, 0.2) is 0 Å². The van der Waals surface area contributed by atoms with Gasteiger partial charge in [-0.05, 0) is 18.9 Å². The number of carbonyl (C=O) groups is 1. The summed E-state index contributed by atoms with van der Waals surface area (Å²) in [5, 5.41) is 2.80. The molecule has 2 N–H and O–H groups in total. The van der Waals surface area contributed by atoms with Crippen LogP contribution in [0.25, 0.3) is 0 Å². The van der Waals surface area contributed by atoms with Gasteiger partial charge >= 0.3 is 0 Å². The number of carbonyl (C=O) groups excluding carboxylic acids is 1. The van der Waals surface area contributed by atoms with E-state index in [1.807, 2.05) is 30.3 Å². The predicted octanol–water partition coefficient (Wildman–Crippen LogP) is 0.980. The number of rotatable bonds is 5. The number of hydrogen-bond acceptors (Lipinski definition) is 3. The maximum atomic E-state index is 11.7. The van der Waals surface area contributed by atoms with Crippen LogP contribution in [-0.4, -0.2) is 22.4 Å². The smallest absolute Gasteiger partial charge is 0.254 e. The summed E-state index contributed by atoms with van der Waals surface area (Å²) in [5.41, 5.74) is 1.30. The number of nitrogens with one attached hydrogen (secondary N) is 2. The minimum absolute atomic E-state index is 0.0530. The van der Waals surface area contributed by atoms with Gasteiger partial charge in [0.25, 0.3) is 5.56 Å². The molecule has 0 radical (unpaired) electrons. The van der Waals surface area contributed by atoms with E-state index in [9.17, 15) is 9.59 Å². The highest BCUT2D eigenvalue weighted by Crippen LogP contribution is 1.98. The number of nitrogens with zero attached hydrogens (tertiary/aromatic N) is 1. The molecule has 0 spiro atoms. The van der Waals surface area contributed by atoms with E-state index >= 15 is 0 Å². The molecular formula is C15H17N3O2. The first-order valence-corrected chi connectivity index (χ1v) is 6.50. The molecule has 1 amide bonds. The number of aryl methyl sites for hydroxylation is 1. The molecule has 0 fully saturated rings. The Labute approximate surface area is 117 Å². The molecule has 0 unspecified atom stereocenters. The van der Waals surface area contributed by atoms with Gasteiger partial charge in [-0.25, -0.2) is 4.98 Å². The van der Waals surface area contributed by atoms with Gasteiger partial charge < -0.3 is 10.3 Å². The van der Waals surface area contributed by atoms with Crippen LogP contribution in [0.5, 0.6) is 0 Å². The van der Waals surface area contributed by atoms with Gasteiger partial charge in [-0.3, -0.25) is 9.59 Å². The summed E-state index contributed by atoms with van der Waals surface area (Å²) in [7, 11) is 0. The first kappa shape index (κ1) is 14.0. The van der Waals surface area contributed by atoms with Crippen molar-refractivity contribution in [3.63, 3.8) is 0 Å². The molecule has 1 aromatic heterocycles. The second kappa shape index (κ2) is 6.65. The topological polar surface area (TPSA) is 74.8 Å². The van der Waals surface area contributed by atoms with Crippen molar-refractivity contribution in [2.75, 3.05) is 6.54 Å². The largest absolute Gasteiger partial charge is 0.355 e. The number of aromatic amines is 1. The third-order valence-corrected chi connectivity index (χ3v) is 2.93. The molecule has 0 atom stereocenters. The Morgan fingerprint density at radius 3 is 2.75 bits per heavy atom. The van der Waals surface area contributed by atoms with Gasteiger partial charge in [0.1, 0.15) is 5.82 Å². The fraction of sp³-hybridized carbons (Fsp3) is 0.267. The van der Waals surface area contributed by atoms with Gasteiger partial charge in [0.2, 0.25) is 5.91 Å². The van der Waals surface area contributed by atoms with Crippen molar-refractivity contribution in [1.29, 1.82) is 0 Å². The van der Waals surface area contributed by atoms with E-state index in [1.54, 1.807) is 6.92 Å². The molecule has 0 saturated carbocycles. The van der Waals surface area contributed by atoms with Crippen LogP contribution in [0.1, 0.15) is 17.0 Å². The Morgan fingerprint density at radius 1 is 1.30 bits per heavy atom. The zero-order valence-electron chi connectivity index (χ0n) is 11.3. The minimum Gasteiger partial charge on any atom is -0.355 e. The van der Waals surface area contributed by atoms with Crippen LogP contribution in [0, 0.1) is 6.92 Å². The van der Waals surface area contributed by atoms with Gasteiger partial charge in [-0.1, -0.05) is 30.3 Å². The molecular weight excluding hydrogens is 254 g/mol. The molecule has 0 bridgehead atoms. The quantitative estimate of drug-likeness (QED) is 0.851. The first-order valence-electron chi connectivity index (χ1n) is 6.50. The summed E-state index contributed by atoms with van der Waals surface area (Å²) in [6, 6.07) is 9.92. The van der Waals surface area contributed by atoms with Crippen LogP contribution in [0.3, 0.4) is 0 Å². The summed E-state index contributed by atoms with van der Waals surface area (Å²) in [4.78, 5) is 29.9. The molecule has 104 valence electrons. The predicted molar refractivity (Wildman–Crippen MR) is 76.5 cm³/mol. The summed E-state index contributed by atoms with van der Waals surface area (Å²) in [6.45, 7) is 2.26. The Balaban J connectivity index is 1.82. The van der Waals surface area contributed by atoms with E-state index in [4.69, 9.17) is 0 Å². The lowest BCUT2D eigenvalue weighted by Crippen LogP contribution is -2.29. The first-order chi connectivity index (χ1) is 9.65. The lowest BCUT2D eigenvalue weighted by molar-refractivity contribution is -0.120. The molecule has 1 aromatic carbocycles. The zero-order chi connectivity index (χ0) is 14.4. The van der Waals surface area contributed by atoms with Gasteiger partial charge in [0, 0.05) is 18.3 Å². The lowest BCUT2D eigenvalue weighted by Gasteiger charge is -2.05. The highest BCUT2D eigenvalue weighted by Gasteiger charge is 2.07. The van der Waals surface area contributed by atoms with Gasteiger partial charge in [0.05, 0.1) is 6.42 Å². The number of benzene rings is 1. The summed E-state index contributed by atoms with van der Waals surface area (Å²) in [5.74, 6) is 0.375. The van der Waals surface area contributed by atoms with Crippen molar-refractivity contribution >= 4 is 5.91 Å². The lowest BCUT2D eigenvalue weighted by atomic mass is 10.1. The van der Waals surface area contributed by atoms with Crippen molar-refractivity contribution in [2.45, 2.75) is 19.8 Å². The molecule has 20 heavy (non-hydrogen) atoms. The second-order valence-electron chi connectivity index (χ2n) is 4.59. The Bertz CT molecular complexity index is 635. The van der Waals surface area contributed by atoms with Gasteiger partial charge in [-0.2, -0.15) is 0 Å². The minimum atomic E-state index is -0.254. The normalized spacial score (nSPS) is 10.2. The standard InChI is InChI=1S/C15H17N3O2/c1-11-17-10-13(15(20)18-11)9-14(19)16-8-7-12-5-3-2-4-6-12/h2-6,10H,7-9H2,1H3,(H,16,19)(H,17,18,20). The van der Waals surface area contributed by atoms with Crippen molar-refractivity contribution in [3.8, 4) is 0 Å². The maximum absolute atomic E-state index is 11.7. The van der Waals surface area contributed by atoms with Crippen molar-refractivity contribution in [3.05, 3.63) is 63.8 Å². The highest BCUT2D eigenvalue weighted by atomic mass is 16.2. The third kappa shape index (κ3) is 4.05. The molecule has 1 heterocycles. The average Bonchev–Trinajstić information content (AvgIpc) is 2.43. The summed E-state index contributed by atoms with van der Waals surface area (Å²) >= 11 is 0. The van der Waals surface area contributed by atoms with E-state index in [2.05, 4.69) is 15.3 Å². The van der Waals surface area contributed by atoms with Crippen molar-refractivity contribution in [1.82, 2.24) is 15.3 Å². The fourth-order valence-electron chi connectivity index (χ4n) is 1.86. The Hall–Kier alpha value is -2.43. The maximum Gasteiger partial charge on any atom is 0.254 e. The van der Waals surface area contributed by atoms with E-state index in [0.717, 1.165) is 6.42 Å². The molecule has 5 nitrogen and oxygen atoms in total. The van der Waals surface area contributed by atoms with E-state index in [1.165, 1.54) is 11.8 Å². The monoisotopic (exact) mass is 271 g/mol. The van der Waals surface area contributed by atoms with Crippen molar-refractivity contribution in [2.24, 2.45) is 0 Å². The van der Waals surface area contributed by atoms with E-state index in [-0.39, 0.29) is 17.9 Å². The SMILES string of the molecule is Cc1ncc(CC(=O)NCCc2ccccc2)c(=O)[nH]1. The molecule has 5 heteroatoms. The fourth-order valence-corrected chi connectivity index (χ4v) is 1.86. The molecule has 0 aliphatic heterocycles. The molecule has 0 saturated heterocycles. The third-order valence-electron chi connectivity index (χ3n) is 2.93. The highest BCUT2D eigenvalue weighted by molar-refractivity contribution is 5.78. The average molecular weight is 271 g/mol. The Kier molecular flexibility index (Phi) is 4.65. The molecule has 2 aromatic rings. The number of amides is 1. The van der Waals surface area contributed by atoms with E-state index in [0.29, 0.717) is 17.9 Å². The van der Waals surface area contributed by atoms with Gasteiger partial charge in [-0.15, -0.1) is 0 Å². The van der Waals surface area contributed by atoms with Crippen LogP contribution in [-0.2, 0) is 17.6 Å². The van der Waals surface area contributed by atoms with E-state index < -0.39 is 0 Å². The van der Waals surface area contributed by atoms with Crippen LogP contribution in [0.2, 0.25) is 0 Å². The van der Waals surface area contributed by atoms with Crippen LogP contribution in [0.15, 0.2) is 41.3 Å². The summed E-state index contributed by atoms with van der Waals surface area (Å²) < 4.78 is 0. The summed E-state index contributed by atoms with van der Waals surface area (Å²) in [6.07, 6.45) is 2.28. The zero-order valence-corrected chi connectivity index (χ0v) is 11.3. The number of hydrogen-bond donors (Lipinski definition) is 2. The molecule has 0 aliphatic rings. The van der Waals surface area contributed by atoms with Crippen LogP contribution < -0.4 is 10.9 Å². The van der Waals surface area contributed by atoms with Crippen LogP contribution in [0.4, 0.5) is 0 Å². The molecule has 0 aliphatic carbocycles. The Morgan fingerprint density at radius 2 is 2.05 bits per heavy atom. The number of aromatic nitrogens is 2. The molecule has 2 rings (SSSR count).